The average molecular weight is 368 g/mol. The predicted molar refractivity (Wildman–Crippen MR) is 101 cm³/mol. The van der Waals surface area contributed by atoms with Gasteiger partial charge in [-0.15, -0.1) is 0 Å². The van der Waals surface area contributed by atoms with Crippen LogP contribution in [0.25, 0.3) is 0 Å². The quantitative estimate of drug-likeness (QED) is 0.692. The zero-order valence-corrected chi connectivity index (χ0v) is 15.3. The average Bonchev–Trinajstić information content (AvgIpc) is 2.63. The molecule has 2 N–H and O–H groups in total. The van der Waals surface area contributed by atoms with Gasteiger partial charge in [-0.1, -0.05) is 12.1 Å². The molecule has 0 aliphatic carbocycles. The number of benzene rings is 1. The van der Waals surface area contributed by atoms with Gasteiger partial charge < -0.3 is 4.74 Å². The molecule has 6 nitrogen and oxygen atoms in total. The van der Waals surface area contributed by atoms with Gasteiger partial charge in [-0.25, -0.2) is 19.2 Å². The first-order valence-electron chi connectivity index (χ1n) is 8.20. The van der Waals surface area contributed by atoms with Crippen molar-refractivity contribution in [1.29, 1.82) is 0 Å². The summed E-state index contributed by atoms with van der Waals surface area (Å²) >= 11 is 0. The van der Waals surface area contributed by atoms with Crippen molar-refractivity contribution in [2.24, 2.45) is 5.14 Å². The summed E-state index contributed by atoms with van der Waals surface area (Å²) in [6.07, 6.45) is 6.95. The number of aromatic nitrogens is 3. The van der Waals surface area contributed by atoms with Gasteiger partial charge in [-0.05, 0) is 48.2 Å². The summed E-state index contributed by atoms with van der Waals surface area (Å²) in [4.78, 5) is 12.9. The Morgan fingerprint density at radius 3 is 2.42 bits per heavy atom. The molecule has 2 heterocycles. The molecule has 3 aromatic rings. The predicted octanol–water partition coefficient (Wildman–Crippen LogP) is 2.88. The molecule has 0 spiro atoms. The highest BCUT2D eigenvalue weighted by molar-refractivity contribution is 7.81. The van der Waals surface area contributed by atoms with Crippen LogP contribution in [0.4, 0.5) is 0 Å². The van der Waals surface area contributed by atoms with Gasteiger partial charge in [0.15, 0.2) is 0 Å². The topological polar surface area (TPSA) is 91.0 Å². The number of pyridine rings is 1. The monoisotopic (exact) mass is 368 g/mol. The van der Waals surface area contributed by atoms with Crippen molar-refractivity contribution in [2.45, 2.75) is 25.5 Å². The lowest BCUT2D eigenvalue weighted by Crippen LogP contribution is -2.05. The molecule has 2 aromatic heterocycles. The lowest BCUT2D eigenvalue weighted by Gasteiger charge is -2.07. The van der Waals surface area contributed by atoms with Gasteiger partial charge in [0.1, 0.15) is 11.6 Å². The highest BCUT2D eigenvalue weighted by Crippen LogP contribution is 2.21. The van der Waals surface area contributed by atoms with Crippen molar-refractivity contribution in [2.75, 3.05) is 0 Å². The second-order valence-electron chi connectivity index (χ2n) is 5.95. The molecule has 0 aliphatic heterocycles. The zero-order chi connectivity index (χ0) is 18.4. The Balaban J connectivity index is 1.61. The fraction of sp³-hybridized carbons (Fsp3) is 0.211. The Labute approximate surface area is 155 Å². The van der Waals surface area contributed by atoms with Crippen LogP contribution in [0.3, 0.4) is 0 Å². The van der Waals surface area contributed by atoms with E-state index in [0.29, 0.717) is 17.4 Å². The minimum atomic E-state index is -1.35. The van der Waals surface area contributed by atoms with E-state index >= 15 is 0 Å². The van der Waals surface area contributed by atoms with Gasteiger partial charge in [-0.3, -0.25) is 5.14 Å². The van der Waals surface area contributed by atoms with Crippen LogP contribution in [0.15, 0.2) is 55.0 Å². The van der Waals surface area contributed by atoms with Crippen LogP contribution in [0.5, 0.6) is 11.6 Å². The van der Waals surface area contributed by atoms with E-state index in [2.05, 4.69) is 15.0 Å². The molecule has 134 valence electrons. The molecule has 1 unspecified atom stereocenters. The highest BCUT2D eigenvalue weighted by Gasteiger charge is 2.04. The van der Waals surface area contributed by atoms with Crippen molar-refractivity contribution in [3.05, 3.63) is 77.5 Å². The molecule has 1 aromatic carbocycles. The van der Waals surface area contributed by atoms with E-state index in [4.69, 9.17) is 9.88 Å². The summed E-state index contributed by atoms with van der Waals surface area (Å²) in [6, 6.07) is 11.2. The van der Waals surface area contributed by atoms with Crippen LogP contribution in [0, 0.1) is 6.92 Å². The Kier molecular flexibility index (Phi) is 6.04. The fourth-order valence-corrected chi connectivity index (χ4v) is 2.93. The van der Waals surface area contributed by atoms with E-state index < -0.39 is 11.0 Å². The van der Waals surface area contributed by atoms with E-state index in [1.54, 1.807) is 6.20 Å². The number of rotatable bonds is 7. The molecule has 3 rings (SSSR count). The number of hydrogen-bond acceptors (Lipinski definition) is 5. The molecule has 0 amide bonds. The maximum absolute atomic E-state index is 11.0. The maximum Gasteiger partial charge on any atom is 0.219 e. The van der Waals surface area contributed by atoms with Crippen LogP contribution >= 0.6 is 0 Å². The molecule has 0 saturated carbocycles. The van der Waals surface area contributed by atoms with Gasteiger partial charge in [0.05, 0.1) is 16.7 Å². The van der Waals surface area contributed by atoms with E-state index in [1.807, 2.05) is 55.7 Å². The summed E-state index contributed by atoms with van der Waals surface area (Å²) in [5, 5.41) is 5.30. The first-order valence-corrected chi connectivity index (χ1v) is 9.59. The summed E-state index contributed by atoms with van der Waals surface area (Å²) in [7, 11) is -1.35. The van der Waals surface area contributed by atoms with Gasteiger partial charge >= 0.3 is 0 Å². The number of nitrogens with two attached hydrogens (primary N) is 1. The smallest absolute Gasteiger partial charge is 0.219 e. The lowest BCUT2D eigenvalue weighted by molar-refractivity contribution is 0.462. The maximum atomic E-state index is 11.0. The molecule has 26 heavy (non-hydrogen) atoms. The van der Waals surface area contributed by atoms with Crippen LogP contribution in [-0.4, -0.2) is 19.2 Å². The molecule has 0 saturated heterocycles. The normalized spacial score (nSPS) is 11.9. The summed E-state index contributed by atoms with van der Waals surface area (Å²) in [5.41, 5.74) is 3.06. The fourth-order valence-electron chi connectivity index (χ4n) is 2.41. The number of hydrogen-bond donors (Lipinski definition) is 1. The first kappa shape index (κ1) is 18.2. The van der Waals surface area contributed by atoms with E-state index in [9.17, 15) is 4.21 Å². The van der Waals surface area contributed by atoms with Gasteiger partial charge in [0.2, 0.25) is 5.88 Å². The number of nitrogens with zero attached hydrogens (tertiary/aromatic N) is 3. The summed E-state index contributed by atoms with van der Waals surface area (Å²) in [5.74, 6) is 2.35. The largest absolute Gasteiger partial charge is 0.439 e. The van der Waals surface area contributed by atoms with Gasteiger partial charge in [-0.2, -0.15) is 0 Å². The minimum absolute atomic E-state index is 0.328. The highest BCUT2D eigenvalue weighted by atomic mass is 32.2. The summed E-state index contributed by atoms with van der Waals surface area (Å²) < 4.78 is 16.8. The Morgan fingerprint density at radius 2 is 1.73 bits per heavy atom. The molecular weight excluding hydrogens is 348 g/mol. The zero-order valence-electron chi connectivity index (χ0n) is 14.5. The van der Waals surface area contributed by atoms with Crippen LogP contribution < -0.4 is 9.88 Å². The minimum Gasteiger partial charge on any atom is -0.439 e. The van der Waals surface area contributed by atoms with Gasteiger partial charge in [0, 0.05) is 31.1 Å². The third-order valence-electron chi connectivity index (χ3n) is 3.73. The molecular formula is C19H20N4O2S. The van der Waals surface area contributed by atoms with E-state index in [0.717, 1.165) is 35.4 Å². The Morgan fingerprint density at radius 1 is 1.00 bits per heavy atom. The second kappa shape index (κ2) is 8.64. The third-order valence-corrected chi connectivity index (χ3v) is 4.34. The Hall–Kier alpha value is -2.64. The van der Waals surface area contributed by atoms with Crippen molar-refractivity contribution >= 4 is 11.0 Å². The second-order valence-corrected chi connectivity index (χ2v) is 7.00. The number of aryl methyl sites for hydroxylation is 3. The molecule has 0 radical (unpaired) electrons. The van der Waals surface area contributed by atoms with Crippen molar-refractivity contribution in [3.63, 3.8) is 0 Å². The van der Waals surface area contributed by atoms with Crippen molar-refractivity contribution < 1.29 is 8.95 Å². The molecule has 7 heteroatoms. The third kappa shape index (κ3) is 5.44. The summed E-state index contributed by atoms with van der Waals surface area (Å²) in [6.45, 7) is 1.97. The van der Waals surface area contributed by atoms with Crippen LogP contribution in [0.2, 0.25) is 0 Å². The Bertz CT molecular complexity index is 883. The number of ether oxygens (including phenoxy) is 1. The lowest BCUT2D eigenvalue weighted by atomic mass is 10.1. The first-order chi connectivity index (χ1) is 12.6. The SMILES string of the molecule is Cc1cnc(CCc2ccnc(Oc3ccc(CS(N)=O)cc3)c2)nc1. The van der Waals surface area contributed by atoms with Crippen molar-refractivity contribution in [3.8, 4) is 11.6 Å². The standard InChI is InChI=1S/C19H20N4O2S/c1-14-11-22-18(23-12-14)7-4-15-8-9-21-19(10-15)25-17-5-2-16(3-6-17)13-26(20)24/h2-3,5-6,8-12H,4,7,13,20H2,1H3. The molecule has 0 fully saturated rings. The van der Waals surface area contributed by atoms with E-state index in [-0.39, 0.29) is 0 Å². The molecule has 1 atom stereocenters. The molecule has 0 bridgehead atoms. The van der Waals surface area contributed by atoms with Gasteiger partial charge in [0.25, 0.3) is 0 Å². The molecule has 0 aliphatic rings. The van der Waals surface area contributed by atoms with Crippen LogP contribution in [-0.2, 0) is 29.6 Å². The van der Waals surface area contributed by atoms with Crippen LogP contribution in [0.1, 0.15) is 22.5 Å². The van der Waals surface area contributed by atoms with E-state index in [1.165, 1.54) is 0 Å². The van der Waals surface area contributed by atoms with Crippen molar-refractivity contribution in [1.82, 2.24) is 15.0 Å².